The van der Waals surface area contributed by atoms with Crippen LogP contribution in [-0.2, 0) is 6.54 Å². The molecule has 0 spiro atoms. The number of nitrogens with one attached hydrogen (secondary N) is 3. The van der Waals surface area contributed by atoms with Gasteiger partial charge in [0.1, 0.15) is 5.75 Å². The van der Waals surface area contributed by atoms with Crippen molar-refractivity contribution in [3.63, 3.8) is 0 Å². The van der Waals surface area contributed by atoms with Gasteiger partial charge in [-0.15, -0.1) is 0 Å². The number of ether oxygens (including phenoxy) is 1. The van der Waals surface area contributed by atoms with Crippen LogP contribution >= 0.6 is 11.6 Å². The molecule has 0 heterocycles. The predicted octanol–water partition coefficient (Wildman–Crippen LogP) is 2.44. The maximum Gasteiger partial charge on any atom is 0.251 e. The van der Waals surface area contributed by atoms with Crippen LogP contribution in [-0.4, -0.2) is 39.1 Å². The first kappa shape index (κ1) is 19.6. The lowest BCUT2D eigenvalue weighted by atomic mass is 10.2. The molecule has 0 saturated heterocycles. The first-order chi connectivity index (χ1) is 12.6. The Morgan fingerprint density at radius 1 is 1.08 bits per heavy atom. The fraction of sp³-hybridized carbons (Fsp3) is 0.263. The molecule has 3 N–H and O–H groups in total. The molecule has 0 unspecified atom stereocenters. The third-order valence-corrected chi connectivity index (χ3v) is 3.88. The van der Waals surface area contributed by atoms with Gasteiger partial charge in [-0.25, -0.2) is 0 Å². The minimum absolute atomic E-state index is 0.144. The standard InChI is InChI=1S/C19H23ClN4O2/c1-21-19(24-13-14-6-8-16(20)9-7-14)23-11-10-22-18(25)15-4-3-5-17(12-15)26-2/h3-9,12H,10-11,13H2,1-2H3,(H,22,25)(H2,21,23,24). The smallest absolute Gasteiger partial charge is 0.251 e. The molecule has 0 atom stereocenters. The number of benzene rings is 2. The Balaban J connectivity index is 1.71. The van der Waals surface area contributed by atoms with Crippen molar-refractivity contribution in [3.05, 3.63) is 64.7 Å². The summed E-state index contributed by atoms with van der Waals surface area (Å²) in [6, 6.07) is 14.6. The van der Waals surface area contributed by atoms with Gasteiger partial charge < -0.3 is 20.7 Å². The van der Waals surface area contributed by atoms with E-state index in [1.807, 2.05) is 24.3 Å². The third-order valence-electron chi connectivity index (χ3n) is 3.63. The van der Waals surface area contributed by atoms with Crippen LogP contribution in [0.5, 0.6) is 5.75 Å². The van der Waals surface area contributed by atoms with E-state index in [1.165, 1.54) is 0 Å². The summed E-state index contributed by atoms with van der Waals surface area (Å²) in [5, 5.41) is 9.93. The lowest BCUT2D eigenvalue weighted by Crippen LogP contribution is -2.41. The van der Waals surface area contributed by atoms with Crippen molar-refractivity contribution in [2.75, 3.05) is 27.2 Å². The number of amides is 1. The number of guanidine groups is 1. The molecule has 0 aliphatic heterocycles. The van der Waals surface area contributed by atoms with Crippen LogP contribution in [0.25, 0.3) is 0 Å². The van der Waals surface area contributed by atoms with Crippen molar-refractivity contribution >= 4 is 23.5 Å². The number of carbonyl (C=O) groups excluding carboxylic acids is 1. The Morgan fingerprint density at radius 2 is 1.81 bits per heavy atom. The van der Waals surface area contributed by atoms with E-state index < -0.39 is 0 Å². The topological polar surface area (TPSA) is 74.8 Å². The summed E-state index contributed by atoms with van der Waals surface area (Å²) in [7, 11) is 3.27. The predicted molar refractivity (Wildman–Crippen MR) is 105 cm³/mol. The number of rotatable bonds is 7. The minimum Gasteiger partial charge on any atom is -0.497 e. The normalized spacial score (nSPS) is 11.0. The molecule has 0 aromatic heterocycles. The average molecular weight is 375 g/mol. The van der Waals surface area contributed by atoms with Crippen molar-refractivity contribution in [1.29, 1.82) is 0 Å². The second-order valence-electron chi connectivity index (χ2n) is 5.47. The van der Waals surface area contributed by atoms with E-state index in [1.54, 1.807) is 38.4 Å². The van der Waals surface area contributed by atoms with Crippen LogP contribution < -0.4 is 20.7 Å². The van der Waals surface area contributed by atoms with Gasteiger partial charge in [0.2, 0.25) is 0 Å². The monoisotopic (exact) mass is 374 g/mol. The molecule has 1 amide bonds. The summed E-state index contributed by atoms with van der Waals surface area (Å²) in [5.41, 5.74) is 1.67. The van der Waals surface area contributed by atoms with E-state index in [4.69, 9.17) is 16.3 Å². The zero-order valence-electron chi connectivity index (χ0n) is 14.9. The largest absolute Gasteiger partial charge is 0.497 e. The quantitative estimate of drug-likeness (QED) is 0.395. The number of hydrogen-bond acceptors (Lipinski definition) is 3. The fourth-order valence-corrected chi connectivity index (χ4v) is 2.36. The first-order valence-electron chi connectivity index (χ1n) is 8.23. The SMILES string of the molecule is CN=C(NCCNC(=O)c1cccc(OC)c1)NCc1ccc(Cl)cc1. The van der Waals surface area contributed by atoms with Gasteiger partial charge in [-0.05, 0) is 35.9 Å². The highest BCUT2D eigenvalue weighted by atomic mass is 35.5. The van der Waals surface area contributed by atoms with Crippen LogP contribution in [0.4, 0.5) is 0 Å². The van der Waals surface area contributed by atoms with Crippen LogP contribution in [0.15, 0.2) is 53.5 Å². The molecule has 26 heavy (non-hydrogen) atoms. The highest BCUT2D eigenvalue weighted by molar-refractivity contribution is 6.30. The maximum atomic E-state index is 12.1. The molecule has 0 saturated carbocycles. The number of halogens is 1. The van der Waals surface area contributed by atoms with E-state index in [-0.39, 0.29) is 5.91 Å². The van der Waals surface area contributed by atoms with Crippen LogP contribution in [0, 0.1) is 0 Å². The van der Waals surface area contributed by atoms with Gasteiger partial charge in [0.25, 0.3) is 5.91 Å². The highest BCUT2D eigenvalue weighted by Crippen LogP contribution is 2.12. The van der Waals surface area contributed by atoms with Crippen molar-refractivity contribution in [1.82, 2.24) is 16.0 Å². The molecule has 2 aromatic carbocycles. The molecule has 0 radical (unpaired) electrons. The Hall–Kier alpha value is -2.73. The highest BCUT2D eigenvalue weighted by Gasteiger charge is 2.06. The van der Waals surface area contributed by atoms with Crippen molar-refractivity contribution in [3.8, 4) is 5.75 Å². The molecule has 0 bridgehead atoms. The Kier molecular flexibility index (Phi) is 7.76. The Labute approximate surface area is 158 Å². The summed E-state index contributed by atoms with van der Waals surface area (Å²) in [4.78, 5) is 16.3. The van der Waals surface area contributed by atoms with Crippen molar-refractivity contribution in [2.45, 2.75) is 6.54 Å². The van der Waals surface area contributed by atoms with Crippen molar-refractivity contribution in [2.24, 2.45) is 4.99 Å². The Bertz CT molecular complexity index is 747. The zero-order chi connectivity index (χ0) is 18.8. The average Bonchev–Trinajstić information content (AvgIpc) is 2.68. The molecular formula is C19H23ClN4O2. The zero-order valence-corrected chi connectivity index (χ0v) is 15.6. The number of carbonyl (C=O) groups is 1. The molecule has 2 aromatic rings. The summed E-state index contributed by atoms with van der Waals surface area (Å²) in [6.07, 6.45) is 0. The summed E-state index contributed by atoms with van der Waals surface area (Å²) in [6.45, 7) is 1.65. The molecular weight excluding hydrogens is 352 g/mol. The van der Waals surface area contributed by atoms with E-state index in [9.17, 15) is 4.79 Å². The van der Waals surface area contributed by atoms with Gasteiger partial charge in [0, 0.05) is 37.3 Å². The molecule has 0 aliphatic carbocycles. The molecule has 7 heteroatoms. The molecule has 0 aliphatic rings. The van der Waals surface area contributed by atoms with Crippen molar-refractivity contribution < 1.29 is 9.53 Å². The summed E-state index contributed by atoms with van der Waals surface area (Å²) < 4.78 is 5.12. The van der Waals surface area contributed by atoms with Gasteiger partial charge in [-0.3, -0.25) is 9.79 Å². The van der Waals surface area contributed by atoms with Gasteiger partial charge in [-0.2, -0.15) is 0 Å². The van der Waals surface area contributed by atoms with E-state index in [2.05, 4.69) is 20.9 Å². The lowest BCUT2D eigenvalue weighted by Gasteiger charge is -2.12. The van der Waals surface area contributed by atoms with Gasteiger partial charge in [0.15, 0.2) is 5.96 Å². The van der Waals surface area contributed by atoms with Crippen LogP contribution in [0.1, 0.15) is 15.9 Å². The number of methoxy groups -OCH3 is 1. The fourth-order valence-electron chi connectivity index (χ4n) is 2.23. The van der Waals surface area contributed by atoms with Gasteiger partial charge in [-0.1, -0.05) is 29.8 Å². The van der Waals surface area contributed by atoms with Crippen LogP contribution in [0.3, 0.4) is 0 Å². The summed E-state index contributed by atoms with van der Waals surface area (Å²) >= 11 is 5.87. The molecule has 2 rings (SSSR count). The second-order valence-corrected chi connectivity index (χ2v) is 5.90. The van der Waals surface area contributed by atoms with Gasteiger partial charge in [0.05, 0.1) is 7.11 Å². The number of aliphatic imine (C=N–C) groups is 1. The second kappa shape index (κ2) is 10.3. The van der Waals surface area contributed by atoms with E-state index in [0.717, 1.165) is 5.56 Å². The lowest BCUT2D eigenvalue weighted by molar-refractivity contribution is 0.0954. The van der Waals surface area contributed by atoms with Gasteiger partial charge >= 0.3 is 0 Å². The van der Waals surface area contributed by atoms with E-state index in [0.29, 0.717) is 41.9 Å². The minimum atomic E-state index is -0.144. The number of hydrogen-bond donors (Lipinski definition) is 3. The van der Waals surface area contributed by atoms with E-state index >= 15 is 0 Å². The molecule has 6 nitrogen and oxygen atoms in total. The van der Waals surface area contributed by atoms with Crippen LogP contribution in [0.2, 0.25) is 5.02 Å². The third kappa shape index (κ3) is 6.29. The molecule has 138 valence electrons. The maximum absolute atomic E-state index is 12.1. The molecule has 0 fully saturated rings. The first-order valence-corrected chi connectivity index (χ1v) is 8.61. The summed E-state index contributed by atoms with van der Waals surface area (Å²) in [5.74, 6) is 1.17. The number of nitrogens with zero attached hydrogens (tertiary/aromatic N) is 1. The Morgan fingerprint density at radius 3 is 2.50 bits per heavy atom.